The molecular weight excluding hydrogens is 239 g/mol. The first-order valence-corrected chi connectivity index (χ1v) is 2.95. The van der Waals surface area contributed by atoms with Crippen molar-refractivity contribution in [3.8, 4) is 0 Å². The van der Waals surface area contributed by atoms with E-state index in [1.165, 1.54) is 0 Å². The van der Waals surface area contributed by atoms with Crippen LogP contribution in [-0.4, -0.2) is 0 Å². The van der Waals surface area contributed by atoms with Gasteiger partial charge in [-0.05, 0) is 6.07 Å². The van der Waals surface area contributed by atoms with Crippen LogP contribution < -0.4 is 34.5 Å². The van der Waals surface area contributed by atoms with E-state index < -0.39 is 0 Å². The molecule has 0 spiro atoms. The Morgan fingerprint density at radius 1 is 1.20 bits per heavy atom. The van der Waals surface area contributed by atoms with Gasteiger partial charge in [-0.25, -0.2) is 5.84 Å². The van der Waals surface area contributed by atoms with Gasteiger partial charge in [-0.15, -0.1) is 0 Å². The number of nitrogens with zero attached hydrogens (tertiary/aromatic N) is 1. The molecule has 1 heterocycles. The topological polar surface area (TPSA) is 29.9 Å². The first-order valence-electron chi connectivity index (χ1n) is 2.95. The van der Waals surface area contributed by atoms with E-state index in [-0.39, 0.29) is 24.0 Å². The molecule has 0 aromatic carbocycles. The number of hydrogen-bond donors (Lipinski definition) is 1. The fraction of sp³-hybridized carbons (Fsp3) is 0.286. The lowest BCUT2D eigenvalue weighted by molar-refractivity contribution is -0.651. The van der Waals surface area contributed by atoms with Crippen molar-refractivity contribution in [3.05, 3.63) is 29.6 Å². The summed E-state index contributed by atoms with van der Waals surface area (Å²) in [5, 5.41) is 0. The van der Waals surface area contributed by atoms with Gasteiger partial charge in [-0.1, -0.05) is 4.68 Å². The Kier molecular flexibility index (Phi) is 3.63. The zero-order chi connectivity index (χ0) is 6.85. The number of nitrogen functional groups attached to an aromatic ring is 1. The molecule has 0 aliphatic rings. The Hall–Kier alpha value is -0.320. The third kappa shape index (κ3) is 1.83. The van der Waals surface area contributed by atoms with Gasteiger partial charge in [-0.3, -0.25) is 0 Å². The fourth-order valence-electron chi connectivity index (χ4n) is 0.765. The normalized spacial score (nSPS) is 8.60. The van der Waals surface area contributed by atoms with Gasteiger partial charge in [0.2, 0.25) is 11.4 Å². The molecule has 1 aromatic heterocycles. The van der Waals surface area contributed by atoms with E-state index in [1.54, 1.807) is 4.68 Å². The van der Waals surface area contributed by atoms with Crippen molar-refractivity contribution in [2.24, 2.45) is 0 Å². The summed E-state index contributed by atoms with van der Waals surface area (Å²) in [5.41, 5.74) is 2.16. The minimum atomic E-state index is 0. The van der Waals surface area contributed by atoms with Gasteiger partial charge in [0.05, 0.1) is 0 Å². The first-order chi connectivity index (χ1) is 4.22. The molecule has 0 saturated heterocycles. The van der Waals surface area contributed by atoms with E-state index in [1.807, 2.05) is 32.0 Å². The number of pyridine rings is 1. The second-order valence-electron chi connectivity index (χ2n) is 2.18. The first kappa shape index (κ1) is 9.68. The molecular formula is C7H11IN2. The summed E-state index contributed by atoms with van der Waals surface area (Å²) in [6.07, 6.45) is 0. The molecule has 2 nitrogen and oxygen atoms in total. The Morgan fingerprint density at radius 3 is 1.90 bits per heavy atom. The van der Waals surface area contributed by atoms with Crippen molar-refractivity contribution < 1.29 is 28.7 Å². The zero-order valence-corrected chi connectivity index (χ0v) is 8.29. The van der Waals surface area contributed by atoms with Crippen molar-refractivity contribution in [1.29, 1.82) is 0 Å². The van der Waals surface area contributed by atoms with Crippen LogP contribution >= 0.6 is 0 Å². The highest BCUT2D eigenvalue weighted by atomic mass is 127. The molecule has 10 heavy (non-hydrogen) atoms. The van der Waals surface area contributed by atoms with Crippen molar-refractivity contribution in [3.63, 3.8) is 0 Å². The van der Waals surface area contributed by atoms with Crippen LogP contribution in [0.5, 0.6) is 0 Å². The smallest absolute Gasteiger partial charge is 0.208 e. The van der Waals surface area contributed by atoms with Crippen LogP contribution in [0.1, 0.15) is 11.4 Å². The zero-order valence-electron chi connectivity index (χ0n) is 6.13. The van der Waals surface area contributed by atoms with Gasteiger partial charge in [-0.2, -0.15) is 0 Å². The van der Waals surface area contributed by atoms with Gasteiger partial charge >= 0.3 is 0 Å². The molecule has 1 rings (SSSR count). The van der Waals surface area contributed by atoms with E-state index in [0.29, 0.717) is 0 Å². The largest absolute Gasteiger partial charge is 1.00 e. The molecule has 0 aliphatic carbocycles. The predicted octanol–water partition coefficient (Wildman–Crippen LogP) is -2.69. The molecule has 0 aliphatic heterocycles. The molecule has 0 atom stereocenters. The summed E-state index contributed by atoms with van der Waals surface area (Å²) in [5.74, 6) is 5.60. The summed E-state index contributed by atoms with van der Waals surface area (Å²) < 4.78 is 1.67. The minimum Gasteiger partial charge on any atom is -1.00 e. The van der Waals surface area contributed by atoms with Gasteiger partial charge in [0.1, 0.15) is 0 Å². The molecule has 0 unspecified atom stereocenters. The molecule has 56 valence electrons. The standard InChI is InChI=1S/C7H11N2.HI/c1-6-4-3-5-7(2)9(6)8;/h3-5H,8H2,1-2H3;1H/q+1;/p-1. The van der Waals surface area contributed by atoms with Crippen LogP contribution in [0, 0.1) is 13.8 Å². The molecule has 0 saturated carbocycles. The number of aromatic nitrogens is 1. The van der Waals surface area contributed by atoms with Crippen LogP contribution in [-0.2, 0) is 0 Å². The summed E-state index contributed by atoms with van der Waals surface area (Å²) in [4.78, 5) is 0. The maximum absolute atomic E-state index is 5.60. The highest BCUT2D eigenvalue weighted by Crippen LogP contribution is 1.89. The van der Waals surface area contributed by atoms with Gasteiger partial charge in [0.25, 0.3) is 0 Å². The van der Waals surface area contributed by atoms with E-state index >= 15 is 0 Å². The molecule has 3 heteroatoms. The average Bonchev–Trinajstić information content (AvgIpc) is 1.83. The second-order valence-corrected chi connectivity index (χ2v) is 2.18. The third-order valence-corrected chi connectivity index (χ3v) is 1.43. The fourth-order valence-corrected chi connectivity index (χ4v) is 0.765. The monoisotopic (exact) mass is 250 g/mol. The number of halogens is 1. The maximum Gasteiger partial charge on any atom is 0.208 e. The Morgan fingerprint density at radius 2 is 1.60 bits per heavy atom. The van der Waals surface area contributed by atoms with E-state index in [0.717, 1.165) is 11.4 Å². The van der Waals surface area contributed by atoms with E-state index in [2.05, 4.69) is 0 Å². The molecule has 2 N–H and O–H groups in total. The van der Waals surface area contributed by atoms with Crippen LogP contribution in [0.25, 0.3) is 0 Å². The summed E-state index contributed by atoms with van der Waals surface area (Å²) in [6, 6.07) is 5.95. The maximum atomic E-state index is 5.60. The molecule has 0 amide bonds. The SMILES string of the molecule is Cc1cccc(C)[n+]1N.[I-]. The van der Waals surface area contributed by atoms with Gasteiger partial charge in [0, 0.05) is 26.0 Å². The average molecular weight is 250 g/mol. The van der Waals surface area contributed by atoms with Crippen LogP contribution in [0.3, 0.4) is 0 Å². The quantitative estimate of drug-likeness (QED) is 0.303. The molecule has 0 radical (unpaired) electrons. The van der Waals surface area contributed by atoms with Gasteiger partial charge in [0.15, 0.2) is 0 Å². The Balaban J connectivity index is 0.000000810. The van der Waals surface area contributed by atoms with Crippen molar-refractivity contribution in [2.45, 2.75) is 13.8 Å². The highest BCUT2D eigenvalue weighted by molar-refractivity contribution is 5.00. The molecule has 0 fully saturated rings. The summed E-state index contributed by atoms with van der Waals surface area (Å²) in [7, 11) is 0. The predicted molar refractivity (Wildman–Crippen MR) is 36.3 cm³/mol. The lowest BCUT2D eigenvalue weighted by Gasteiger charge is -1.92. The summed E-state index contributed by atoms with van der Waals surface area (Å²) >= 11 is 0. The molecule has 0 bridgehead atoms. The van der Waals surface area contributed by atoms with Gasteiger partial charge < -0.3 is 24.0 Å². The van der Waals surface area contributed by atoms with Crippen molar-refractivity contribution >= 4 is 0 Å². The number of aryl methyl sites for hydroxylation is 2. The number of rotatable bonds is 0. The molecule has 1 aromatic rings. The van der Waals surface area contributed by atoms with E-state index in [9.17, 15) is 0 Å². The van der Waals surface area contributed by atoms with E-state index in [4.69, 9.17) is 5.84 Å². The Bertz CT molecular complexity index is 203. The summed E-state index contributed by atoms with van der Waals surface area (Å²) in [6.45, 7) is 3.96. The Labute approximate surface area is 78.0 Å². The lowest BCUT2D eigenvalue weighted by Crippen LogP contribution is -3.00. The lowest BCUT2D eigenvalue weighted by atomic mass is 10.3. The number of nitrogens with two attached hydrogens (primary N) is 1. The second kappa shape index (κ2) is 3.75. The van der Waals surface area contributed by atoms with Crippen LogP contribution in [0.4, 0.5) is 0 Å². The van der Waals surface area contributed by atoms with Crippen molar-refractivity contribution in [1.82, 2.24) is 0 Å². The van der Waals surface area contributed by atoms with Crippen LogP contribution in [0.2, 0.25) is 0 Å². The van der Waals surface area contributed by atoms with Crippen LogP contribution in [0.15, 0.2) is 18.2 Å². The number of hydrogen-bond acceptors (Lipinski definition) is 1. The third-order valence-electron chi connectivity index (χ3n) is 1.43. The highest BCUT2D eigenvalue weighted by Gasteiger charge is 2.02. The van der Waals surface area contributed by atoms with Crippen molar-refractivity contribution in [2.75, 3.05) is 5.84 Å². The minimum absolute atomic E-state index is 0.